The van der Waals surface area contributed by atoms with E-state index in [1.165, 1.54) is 17.4 Å². The zero-order chi connectivity index (χ0) is 23.1. The number of amides is 1. The van der Waals surface area contributed by atoms with Gasteiger partial charge >= 0.3 is 0 Å². The van der Waals surface area contributed by atoms with Crippen molar-refractivity contribution in [2.24, 2.45) is 0 Å². The van der Waals surface area contributed by atoms with Gasteiger partial charge in [-0.2, -0.15) is 0 Å². The van der Waals surface area contributed by atoms with Gasteiger partial charge in [0.1, 0.15) is 5.75 Å². The Balaban J connectivity index is 1.71. The molecule has 0 radical (unpaired) electrons. The molecule has 168 valence electrons. The van der Waals surface area contributed by atoms with Gasteiger partial charge in [0.05, 0.1) is 30.5 Å². The fraction of sp³-hybridized carbons (Fsp3) is 0.250. The summed E-state index contributed by atoms with van der Waals surface area (Å²) in [4.78, 5) is 18.1. The number of ether oxygens (including phenoxy) is 3. The quantitative estimate of drug-likeness (QED) is 0.336. The summed E-state index contributed by atoms with van der Waals surface area (Å²) < 4.78 is 17.2. The number of aromatic nitrogens is 1. The van der Waals surface area contributed by atoms with Crippen LogP contribution in [0.15, 0.2) is 46.9 Å². The Morgan fingerprint density at radius 2 is 1.88 bits per heavy atom. The number of methoxy groups -OCH3 is 1. The average molecular weight is 517 g/mol. The summed E-state index contributed by atoms with van der Waals surface area (Å²) >= 11 is 4.93. The van der Waals surface area contributed by atoms with Gasteiger partial charge in [-0.05, 0) is 84.7 Å². The van der Waals surface area contributed by atoms with Crippen LogP contribution < -0.4 is 19.5 Å². The first kappa shape index (κ1) is 23.8. The number of carbonyl (C=O) groups is 1. The average Bonchev–Trinajstić information content (AvgIpc) is 3.14. The third-order valence-electron chi connectivity index (χ3n) is 4.43. The molecule has 32 heavy (non-hydrogen) atoms. The molecule has 2 aromatic carbocycles. The number of hydrogen-bond donors (Lipinski definition) is 1. The molecule has 3 rings (SSSR count). The minimum Gasteiger partial charge on any atom is -0.494 e. The largest absolute Gasteiger partial charge is 0.494 e. The molecule has 1 heterocycles. The molecular weight excluding hydrogens is 492 g/mol. The van der Waals surface area contributed by atoms with Crippen molar-refractivity contribution < 1.29 is 19.0 Å². The van der Waals surface area contributed by atoms with Crippen LogP contribution in [0.25, 0.3) is 17.3 Å². The van der Waals surface area contributed by atoms with Crippen molar-refractivity contribution in [3.63, 3.8) is 0 Å². The molecule has 0 unspecified atom stereocenters. The smallest absolute Gasteiger partial charge is 0.250 e. The number of aryl methyl sites for hydroxylation is 1. The second-order valence-corrected chi connectivity index (χ2v) is 8.73. The summed E-state index contributed by atoms with van der Waals surface area (Å²) in [7, 11) is 1.58. The number of carbonyl (C=O) groups excluding carboxylic acids is 1. The molecule has 1 N–H and O–H groups in total. The molecule has 0 atom stereocenters. The summed E-state index contributed by atoms with van der Waals surface area (Å²) in [5.74, 6) is 1.79. The van der Waals surface area contributed by atoms with E-state index in [-0.39, 0.29) is 5.91 Å². The van der Waals surface area contributed by atoms with Gasteiger partial charge < -0.3 is 14.2 Å². The van der Waals surface area contributed by atoms with Crippen LogP contribution in [0.3, 0.4) is 0 Å². The number of benzene rings is 2. The molecule has 6 nitrogen and oxygen atoms in total. The van der Waals surface area contributed by atoms with Gasteiger partial charge in [-0.1, -0.05) is 0 Å². The van der Waals surface area contributed by atoms with E-state index in [1.54, 1.807) is 13.2 Å². The van der Waals surface area contributed by atoms with E-state index in [0.29, 0.717) is 29.8 Å². The van der Waals surface area contributed by atoms with Gasteiger partial charge in [0.15, 0.2) is 16.6 Å². The fourth-order valence-corrected chi connectivity index (χ4v) is 4.45. The zero-order valence-corrected chi connectivity index (χ0v) is 20.8. The lowest BCUT2D eigenvalue weighted by atomic mass is 10.1. The Morgan fingerprint density at radius 1 is 1.16 bits per heavy atom. The van der Waals surface area contributed by atoms with Crippen molar-refractivity contribution in [1.29, 1.82) is 0 Å². The maximum Gasteiger partial charge on any atom is 0.250 e. The first-order valence-electron chi connectivity index (χ1n) is 10.1. The molecule has 0 aliphatic rings. The summed E-state index contributed by atoms with van der Waals surface area (Å²) in [6.45, 7) is 7.00. The van der Waals surface area contributed by atoms with Crippen LogP contribution >= 0.6 is 27.3 Å². The first-order valence-corrected chi connectivity index (χ1v) is 11.8. The molecule has 0 spiro atoms. The predicted octanol–water partition coefficient (Wildman–Crippen LogP) is 6.34. The van der Waals surface area contributed by atoms with Crippen molar-refractivity contribution in [2.75, 3.05) is 25.6 Å². The Morgan fingerprint density at radius 3 is 2.53 bits per heavy atom. The Kier molecular flexibility index (Phi) is 8.30. The summed E-state index contributed by atoms with van der Waals surface area (Å²) in [5, 5.41) is 3.39. The Labute approximate surface area is 200 Å². The Hall–Kier alpha value is -2.84. The van der Waals surface area contributed by atoms with Crippen LogP contribution in [0, 0.1) is 6.92 Å². The van der Waals surface area contributed by atoms with Gasteiger partial charge in [0, 0.05) is 16.5 Å². The number of nitrogens with zero attached hydrogens (tertiary/aromatic N) is 1. The van der Waals surface area contributed by atoms with Crippen LogP contribution in [0.2, 0.25) is 0 Å². The van der Waals surface area contributed by atoms with E-state index in [0.717, 1.165) is 31.9 Å². The van der Waals surface area contributed by atoms with Crippen molar-refractivity contribution in [3.8, 4) is 28.5 Å². The van der Waals surface area contributed by atoms with Gasteiger partial charge in [0.25, 0.3) is 0 Å². The molecule has 0 fully saturated rings. The van der Waals surface area contributed by atoms with Gasteiger partial charge in [-0.3, -0.25) is 10.1 Å². The van der Waals surface area contributed by atoms with E-state index in [1.807, 2.05) is 57.2 Å². The number of anilines is 1. The number of nitrogens with one attached hydrogen (secondary N) is 1. The van der Waals surface area contributed by atoms with Crippen molar-refractivity contribution >= 4 is 44.4 Å². The van der Waals surface area contributed by atoms with Crippen LogP contribution in [0.5, 0.6) is 17.2 Å². The molecule has 0 aliphatic carbocycles. The molecule has 1 amide bonds. The van der Waals surface area contributed by atoms with Crippen molar-refractivity contribution in [1.82, 2.24) is 4.98 Å². The third-order valence-corrected chi connectivity index (χ3v) is 5.91. The second-order valence-electron chi connectivity index (χ2n) is 6.67. The monoisotopic (exact) mass is 516 g/mol. The summed E-state index contributed by atoms with van der Waals surface area (Å²) in [5.41, 5.74) is 2.62. The maximum atomic E-state index is 12.5. The minimum atomic E-state index is -0.263. The highest BCUT2D eigenvalue weighted by atomic mass is 79.9. The lowest BCUT2D eigenvalue weighted by Crippen LogP contribution is -2.07. The van der Waals surface area contributed by atoms with Crippen LogP contribution in [-0.2, 0) is 4.79 Å². The highest BCUT2D eigenvalue weighted by Crippen LogP contribution is 2.37. The molecule has 0 saturated carbocycles. The van der Waals surface area contributed by atoms with E-state index in [9.17, 15) is 4.79 Å². The fourth-order valence-electron chi connectivity index (χ4n) is 3.03. The molecule has 0 aliphatic heterocycles. The lowest BCUT2D eigenvalue weighted by molar-refractivity contribution is -0.111. The standard InChI is InChI=1S/C24H25BrN2O4S/c1-5-30-18-10-8-17(9-11-18)22-15(3)32-24(27-22)26-21(28)12-7-16-13-19(25)23(31-6-2)20(14-16)29-4/h7-14H,5-6H2,1-4H3,(H,26,27,28)/b12-7+. The lowest BCUT2D eigenvalue weighted by Gasteiger charge is -2.12. The third kappa shape index (κ3) is 5.89. The summed E-state index contributed by atoms with van der Waals surface area (Å²) in [6, 6.07) is 11.5. The van der Waals surface area contributed by atoms with Gasteiger partial charge in [0.2, 0.25) is 5.91 Å². The van der Waals surface area contributed by atoms with E-state index in [4.69, 9.17) is 14.2 Å². The normalized spacial score (nSPS) is 10.9. The number of thiazole rings is 1. The molecule has 3 aromatic rings. The minimum absolute atomic E-state index is 0.263. The predicted molar refractivity (Wildman–Crippen MR) is 133 cm³/mol. The van der Waals surface area contributed by atoms with Crippen molar-refractivity contribution in [3.05, 3.63) is 57.4 Å². The maximum absolute atomic E-state index is 12.5. The molecule has 0 saturated heterocycles. The number of halogens is 1. The van der Waals surface area contributed by atoms with Crippen LogP contribution in [-0.4, -0.2) is 31.2 Å². The molecule has 0 bridgehead atoms. The van der Waals surface area contributed by atoms with E-state index in [2.05, 4.69) is 26.2 Å². The van der Waals surface area contributed by atoms with Crippen LogP contribution in [0.4, 0.5) is 5.13 Å². The molecule has 1 aromatic heterocycles. The van der Waals surface area contributed by atoms with Gasteiger partial charge in [-0.15, -0.1) is 11.3 Å². The highest BCUT2D eigenvalue weighted by molar-refractivity contribution is 9.10. The Bertz CT molecular complexity index is 1110. The second kappa shape index (κ2) is 11.2. The van der Waals surface area contributed by atoms with Crippen LogP contribution in [0.1, 0.15) is 24.3 Å². The number of rotatable bonds is 9. The SMILES string of the molecule is CCOc1ccc(-c2nc(NC(=O)/C=C/c3cc(Br)c(OCC)c(OC)c3)sc2C)cc1. The highest BCUT2D eigenvalue weighted by Gasteiger charge is 2.13. The first-order chi connectivity index (χ1) is 15.4. The van der Waals surface area contributed by atoms with E-state index >= 15 is 0 Å². The van der Waals surface area contributed by atoms with E-state index < -0.39 is 0 Å². The molecule has 8 heteroatoms. The molecular formula is C24H25BrN2O4S. The van der Waals surface area contributed by atoms with Gasteiger partial charge in [-0.25, -0.2) is 4.98 Å². The van der Waals surface area contributed by atoms with Crippen molar-refractivity contribution in [2.45, 2.75) is 20.8 Å². The topological polar surface area (TPSA) is 69.7 Å². The number of hydrogen-bond acceptors (Lipinski definition) is 6. The zero-order valence-electron chi connectivity index (χ0n) is 18.4. The summed E-state index contributed by atoms with van der Waals surface area (Å²) in [6.07, 6.45) is 3.18.